The van der Waals surface area contributed by atoms with Gasteiger partial charge >= 0.3 is 23.8 Å². The van der Waals surface area contributed by atoms with Crippen molar-refractivity contribution in [3.8, 4) is 0 Å². The van der Waals surface area contributed by atoms with Gasteiger partial charge < -0.3 is 24.3 Å². The van der Waals surface area contributed by atoms with Crippen LogP contribution in [0.15, 0.2) is 54.6 Å². The Morgan fingerprint density at radius 2 is 1.74 bits per heavy atom. The number of rotatable bonds is 10. The minimum atomic E-state index is -2.28. The number of amides is 2. The topological polar surface area (TPSA) is 173 Å². The van der Waals surface area contributed by atoms with Crippen LogP contribution in [0.25, 0.3) is 0 Å². The fraction of sp³-hybridized carbons (Fsp3) is 0.360. The van der Waals surface area contributed by atoms with E-state index in [-0.39, 0.29) is 38.5 Å². The van der Waals surface area contributed by atoms with Crippen LogP contribution in [0.5, 0.6) is 0 Å². The number of cyclic esters (lactones) is 1. The van der Waals surface area contributed by atoms with Gasteiger partial charge in [0.2, 0.25) is 0 Å². The second kappa shape index (κ2) is 11.9. The quantitative estimate of drug-likeness (QED) is 0.200. The third-order valence-electron chi connectivity index (χ3n) is 6.03. The van der Waals surface area contributed by atoms with Gasteiger partial charge in [-0.1, -0.05) is 30.3 Å². The number of non-ortho nitro benzene ring substituents is 1. The largest absolute Gasteiger partial charge is 0.456 e. The van der Waals surface area contributed by atoms with E-state index in [1.54, 1.807) is 24.3 Å². The summed E-state index contributed by atoms with van der Waals surface area (Å²) < 4.78 is 20.9. The van der Waals surface area contributed by atoms with Crippen LogP contribution in [0.4, 0.5) is 10.5 Å². The van der Waals surface area contributed by atoms with Gasteiger partial charge in [-0.05, 0) is 23.3 Å². The van der Waals surface area contributed by atoms with Gasteiger partial charge in [0, 0.05) is 25.7 Å². The molecule has 3 unspecified atom stereocenters. The third kappa shape index (κ3) is 6.13. The zero-order valence-electron chi connectivity index (χ0n) is 20.8. The summed E-state index contributed by atoms with van der Waals surface area (Å²) in [6, 6.07) is 12.9. The highest BCUT2D eigenvalue weighted by Gasteiger charge is 2.63. The van der Waals surface area contributed by atoms with Gasteiger partial charge in [0.1, 0.15) is 25.9 Å². The summed E-state index contributed by atoms with van der Waals surface area (Å²) in [6.45, 7) is -0.817. The van der Waals surface area contributed by atoms with Crippen molar-refractivity contribution in [2.45, 2.75) is 31.4 Å². The number of ether oxygens (including phenoxy) is 4. The molecule has 1 N–H and O–H groups in total. The molecule has 0 aromatic heterocycles. The summed E-state index contributed by atoms with van der Waals surface area (Å²) in [4.78, 5) is 67.0. The van der Waals surface area contributed by atoms with E-state index in [1.807, 2.05) is 6.07 Å². The molecular formula is C25H25N3O11. The third-order valence-corrected chi connectivity index (χ3v) is 6.03. The van der Waals surface area contributed by atoms with Crippen molar-refractivity contribution < 1.29 is 47.9 Å². The molecule has 2 aliphatic heterocycles. The number of nitrogens with one attached hydrogen (secondary N) is 1. The van der Waals surface area contributed by atoms with Gasteiger partial charge in [-0.3, -0.25) is 24.5 Å². The van der Waals surface area contributed by atoms with Gasteiger partial charge in [0.25, 0.3) is 11.6 Å². The SMILES string of the molecule is COCC1CC(C(=O)OCc2ccc([N+](=O)[O-])cc2)(N2OCC(NC(=O)OCc3ccccc3)C2=O)OC1=O. The Balaban J connectivity index is 1.45. The predicted molar refractivity (Wildman–Crippen MR) is 128 cm³/mol. The molecule has 0 bridgehead atoms. The van der Waals surface area contributed by atoms with Gasteiger partial charge in [-0.25, -0.2) is 9.59 Å². The number of carbonyl (C=O) groups excluding carboxylic acids is 4. The van der Waals surface area contributed by atoms with Crippen LogP contribution in [0.3, 0.4) is 0 Å². The minimum absolute atomic E-state index is 0.0344. The molecule has 2 heterocycles. The Bertz CT molecular complexity index is 1240. The molecule has 14 heteroatoms. The van der Waals surface area contributed by atoms with E-state index >= 15 is 0 Å². The molecule has 0 radical (unpaired) electrons. The Kier molecular flexibility index (Phi) is 8.36. The van der Waals surface area contributed by atoms with Gasteiger partial charge in [-0.15, -0.1) is 0 Å². The first kappa shape index (κ1) is 27.5. The molecular weight excluding hydrogens is 518 g/mol. The summed E-state index contributed by atoms with van der Waals surface area (Å²) in [5.41, 5.74) is -1.27. The van der Waals surface area contributed by atoms with Crippen LogP contribution < -0.4 is 5.32 Å². The van der Waals surface area contributed by atoms with Crippen molar-refractivity contribution in [3.63, 3.8) is 0 Å². The second-order valence-electron chi connectivity index (χ2n) is 8.75. The maximum atomic E-state index is 13.3. The highest BCUT2D eigenvalue weighted by Crippen LogP contribution is 2.38. The number of benzene rings is 2. The lowest BCUT2D eigenvalue weighted by Crippen LogP contribution is -2.57. The Hall–Kier alpha value is -4.56. The van der Waals surface area contributed by atoms with E-state index in [1.165, 1.54) is 31.4 Å². The average molecular weight is 543 g/mol. The average Bonchev–Trinajstić information content (AvgIpc) is 3.46. The number of nitro benzene ring substituents is 1. The van der Waals surface area contributed by atoms with Crippen molar-refractivity contribution in [3.05, 3.63) is 75.8 Å². The molecule has 3 atom stereocenters. The maximum absolute atomic E-state index is 13.3. The standard InChI is InChI=1S/C25H25N3O11/c1-35-14-18-11-25(39-22(18)30,23(31)36-12-17-7-9-19(10-8-17)28(33)34)27-21(29)20(15-38-27)26-24(32)37-13-16-5-3-2-4-6-16/h2-10,18,20H,11-15H2,1H3,(H,26,32). The van der Waals surface area contributed by atoms with Crippen LogP contribution in [0, 0.1) is 16.0 Å². The summed E-state index contributed by atoms with van der Waals surface area (Å²) in [5.74, 6) is -3.67. The van der Waals surface area contributed by atoms with Crippen LogP contribution >= 0.6 is 0 Å². The van der Waals surface area contributed by atoms with Crippen molar-refractivity contribution in [2.24, 2.45) is 5.92 Å². The van der Waals surface area contributed by atoms with E-state index in [0.29, 0.717) is 10.6 Å². The number of hydrogen-bond acceptors (Lipinski definition) is 11. The second-order valence-corrected chi connectivity index (χ2v) is 8.75. The molecule has 4 rings (SSSR count). The van der Waals surface area contributed by atoms with Crippen molar-refractivity contribution in [1.82, 2.24) is 10.4 Å². The summed E-state index contributed by atoms with van der Waals surface area (Å²) in [6.07, 6.45) is -1.21. The number of hydroxylamine groups is 2. The molecule has 2 fully saturated rings. The van der Waals surface area contributed by atoms with E-state index in [2.05, 4.69) is 5.32 Å². The Morgan fingerprint density at radius 3 is 2.41 bits per heavy atom. The number of nitrogens with zero attached hydrogens (tertiary/aromatic N) is 2. The lowest BCUT2D eigenvalue weighted by atomic mass is 10.0. The number of methoxy groups -OCH3 is 1. The van der Waals surface area contributed by atoms with E-state index < -0.39 is 46.5 Å². The van der Waals surface area contributed by atoms with E-state index in [4.69, 9.17) is 23.8 Å². The van der Waals surface area contributed by atoms with Crippen molar-refractivity contribution in [1.29, 1.82) is 0 Å². The van der Waals surface area contributed by atoms with Crippen LogP contribution in [-0.4, -0.2) is 66.0 Å². The number of nitro groups is 1. The normalized spacial score (nSPS) is 22.3. The molecule has 2 aromatic rings. The zero-order chi connectivity index (χ0) is 28.0. The monoisotopic (exact) mass is 543 g/mol. The molecule has 2 aliphatic rings. The first-order valence-corrected chi connectivity index (χ1v) is 11.8. The molecule has 14 nitrogen and oxygen atoms in total. The molecule has 206 valence electrons. The van der Waals surface area contributed by atoms with E-state index in [0.717, 1.165) is 5.56 Å². The molecule has 0 saturated carbocycles. The Labute approximate surface area is 221 Å². The molecule has 2 amide bonds. The van der Waals surface area contributed by atoms with Crippen LogP contribution in [0.2, 0.25) is 0 Å². The van der Waals surface area contributed by atoms with Crippen molar-refractivity contribution in [2.75, 3.05) is 20.3 Å². The van der Waals surface area contributed by atoms with E-state index in [9.17, 15) is 29.3 Å². The molecule has 2 aromatic carbocycles. The fourth-order valence-corrected chi connectivity index (χ4v) is 4.06. The summed E-state index contributed by atoms with van der Waals surface area (Å²) >= 11 is 0. The number of esters is 2. The molecule has 0 aliphatic carbocycles. The lowest BCUT2D eigenvalue weighted by molar-refractivity contribution is -0.384. The van der Waals surface area contributed by atoms with Crippen LogP contribution in [-0.2, 0) is 51.4 Å². The van der Waals surface area contributed by atoms with Crippen LogP contribution in [0.1, 0.15) is 17.5 Å². The highest BCUT2D eigenvalue weighted by atomic mass is 16.8. The fourth-order valence-electron chi connectivity index (χ4n) is 4.06. The van der Waals surface area contributed by atoms with Gasteiger partial charge in [-0.2, -0.15) is 5.06 Å². The Morgan fingerprint density at radius 1 is 1.08 bits per heavy atom. The first-order valence-electron chi connectivity index (χ1n) is 11.8. The number of carbonyl (C=O) groups is 4. The zero-order valence-corrected chi connectivity index (χ0v) is 20.8. The molecule has 2 saturated heterocycles. The number of hydrogen-bond donors (Lipinski definition) is 1. The first-order chi connectivity index (χ1) is 18.7. The minimum Gasteiger partial charge on any atom is -0.456 e. The predicted octanol–water partition coefficient (Wildman–Crippen LogP) is 1.61. The molecule has 39 heavy (non-hydrogen) atoms. The lowest BCUT2D eigenvalue weighted by Gasteiger charge is -2.32. The summed E-state index contributed by atoms with van der Waals surface area (Å²) in [5, 5.41) is 13.8. The van der Waals surface area contributed by atoms with Crippen molar-refractivity contribution >= 4 is 29.6 Å². The smallest absolute Gasteiger partial charge is 0.408 e. The maximum Gasteiger partial charge on any atom is 0.408 e. The number of alkyl carbamates (subject to hydrolysis) is 1. The molecule has 0 spiro atoms. The van der Waals surface area contributed by atoms with Gasteiger partial charge in [0.05, 0.1) is 17.4 Å². The highest BCUT2D eigenvalue weighted by molar-refractivity contribution is 5.94. The summed E-state index contributed by atoms with van der Waals surface area (Å²) in [7, 11) is 1.36. The van der Waals surface area contributed by atoms with Gasteiger partial charge in [0.15, 0.2) is 0 Å².